The first-order valence-electron chi connectivity index (χ1n) is 10.2. The van der Waals surface area contributed by atoms with Crippen molar-refractivity contribution in [1.82, 2.24) is 0 Å². The number of carbonyl (C=O) groups is 1. The molecular formula is C21H41NO2. The van der Waals surface area contributed by atoms with Gasteiger partial charge in [0.15, 0.2) is 0 Å². The maximum absolute atomic E-state index is 11.4. The molecule has 0 saturated heterocycles. The van der Waals surface area contributed by atoms with Crippen LogP contribution in [-0.2, 0) is 4.79 Å². The van der Waals surface area contributed by atoms with Crippen LogP contribution in [0.4, 0.5) is 0 Å². The number of carbonyl (C=O) groups excluding carboxylic acids is 1. The summed E-state index contributed by atoms with van der Waals surface area (Å²) in [6.07, 6.45) is 20.7. The SMILES string of the molecule is CCCCCCCCCCC=CCCCCC(C(N)=O)C(C)CO. The first-order chi connectivity index (χ1) is 11.6. The van der Waals surface area contributed by atoms with Crippen molar-refractivity contribution in [3.05, 3.63) is 12.2 Å². The minimum atomic E-state index is -0.276. The molecule has 3 nitrogen and oxygen atoms in total. The van der Waals surface area contributed by atoms with Gasteiger partial charge >= 0.3 is 0 Å². The van der Waals surface area contributed by atoms with Crippen molar-refractivity contribution in [2.24, 2.45) is 17.6 Å². The molecule has 0 aromatic rings. The van der Waals surface area contributed by atoms with Gasteiger partial charge in [0.25, 0.3) is 0 Å². The van der Waals surface area contributed by atoms with E-state index in [1.165, 1.54) is 57.8 Å². The molecule has 0 bridgehead atoms. The fourth-order valence-corrected chi connectivity index (χ4v) is 3.09. The smallest absolute Gasteiger partial charge is 0.220 e. The number of unbranched alkanes of at least 4 members (excludes halogenated alkanes) is 10. The largest absolute Gasteiger partial charge is 0.396 e. The molecule has 0 aromatic carbocycles. The van der Waals surface area contributed by atoms with Crippen LogP contribution in [0.2, 0.25) is 0 Å². The molecule has 24 heavy (non-hydrogen) atoms. The molecule has 0 saturated carbocycles. The molecule has 1 amide bonds. The van der Waals surface area contributed by atoms with Crippen LogP contribution in [0.25, 0.3) is 0 Å². The number of aliphatic hydroxyl groups is 1. The summed E-state index contributed by atoms with van der Waals surface area (Å²) in [6.45, 7) is 4.18. The molecule has 0 aromatic heterocycles. The molecule has 2 atom stereocenters. The van der Waals surface area contributed by atoms with Gasteiger partial charge in [0.2, 0.25) is 5.91 Å². The Balaban J connectivity index is 3.45. The van der Waals surface area contributed by atoms with Crippen molar-refractivity contribution in [1.29, 1.82) is 0 Å². The summed E-state index contributed by atoms with van der Waals surface area (Å²) in [5.41, 5.74) is 5.40. The molecule has 3 N–H and O–H groups in total. The van der Waals surface area contributed by atoms with Crippen LogP contribution < -0.4 is 5.73 Å². The zero-order valence-electron chi connectivity index (χ0n) is 16.1. The van der Waals surface area contributed by atoms with E-state index in [2.05, 4.69) is 19.1 Å². The summed E-state index contributed by atoms with van der Waals surface area (Å²) >= 11 is 0. The van der Waals surface area contributed by atoms with E-state index in [1.807, 2.05) is 6.92 Å². The first-order valence-corrected chi connectivity index (χ1v) is 10.2. The van der Waals surface area contributed by atoms with Crippen LogP contribution in [0, 0.1) is 11.8 Å². The van der Waals surface area contributed by atoms with Crippen molar-refractivity contribution in [2.45, 2.75) is 97.3 Å². The number of aliphatic hydroxyl groups excluding tert-OH is 1. The standard InChI is InChI=1S/C21H41NO2/c1-3-4-5-6-7-8-9-10-11-12-13-14-15-16-17-20(21(22)24)19(2)18-23/h12-13,19-20,23H,3-11,14-18H2,1-2H3,(H2,22,24). The van der Waals surface area contributed by atoms with Gasteiger partial charge in [-0.05, 0) is 38.0 Å². The van der Waals surface area contributed by atoms with Crippen LogP contribution in [0.1, 0.15) is 97.3 Å². The Morgan fingerprint density at radius 3 is 1.92 bits per heavy atom. The maximum atomic E-state index is 11.4. The number of hydrogen-bond acceptors (Lipinski definition) is 2. The fraction of sp³-hybridized carbons (Fsp3) is 0.857. The predicted octanol–water partition coefficient (Wildman–Crippen LogP) is 5.36. The molecule has 0 rings (SSSR count). The lowest BCUT2D eigenvalue weighted by molar-refractivity contribution is -0.124. The fourth-order valence-electron chi connectivity index (χ4n) is 3.09. The summed E-state index contributed by atoms with van der Waals surface area (Å²) in [5, 5.41) is 9.15. The summed E-state index contributed by atoms with van der Waals surface area (Å²) < 4.78 is 0. The molecule has 142 valence electrons. The van der Waals surface area contributed by atoms with E-state index in [-0.39, 0.29) is 24.3 Å². The van der Waals surface area contributed by atoms with Crippen LogP contribution in [0.15, 0.2) is 12.2 Å². The lowest BCUT2D eigenvalue weighted by atomic mass is 9.89. The van der Waals surface area contributed by atoms with Crippen molar-refractivity contribution in [3.63, 3.8) is 0 Å². The van der Waals surface area contributed by atoms with Crippen molar-refractivity contribution in [3.8, 4) is 0 Å². The summed E-state index contributed by atoms with van der Waals surface area (Å²) in [5.74, 6) is -0.488. The quantitative estimate of drug-likeness (QED) is 0.277. The second-order valence-corrected chi connectivity index (χ2v) is 7.19. The van der Waals surface area contributed by atoms with Gasteiger partial charge in [-0.15, -0.1) is 0 Å². The summed E-state index contributed by atoms with van der Waals surface area (Å²) in [4.78, 5) is 11.4. The average molecular weight is 340 g/mol. The minimum absolute atomic E-state index is 0.0278. The average Bonchev–Trinajstić information content (AvgIpc) is 2.57. The zero-order valence-corrected chi connectivity index (χ0v) is 16.1. The molecule has 0 heterocycles. The Hall–Kier alpha value is -0.830. The van der Waals surface area contributed by atoms with Crippen LogP contribution in [0.3, 0.4) is 0 Å². The second-order valence-electron chi connectivity index (χ2n) is 7.19. The minimum Gasteiger partial charge on any atom is -0.396 e. The molecular weight excluding hydrogens is 298 g/mol. The molecule has 0 fully saturated rings. The Bertz CT molecular complexity index is 315. The van der Waals surface area contributed by atoms with E-state index in [0.29, 0.717) is 0 Å². The zero-order chi connectivity index (χ0) is 18.0. The number of hydrogen-bond donors (Lipinski definition) is 2. The Kier molecular flexibility index (Phi) is 16.4. The molecule has 0 aliphatic heterocycles. The number of allylic oxidation sites excluding steroid dienone is 2. The van der Waals surface area contributed by atoms with Gasteiger partial charge in [0.05, 0.1) is 0 Å². The second kappa shape index (κ2) is 17.0. The number of nitrogens with two attached hydrogens (primary N) is 1. The third-order valence-corrected chi connectivity index (χ3v) is 4.87. The van der Waals surface area contributed by atoms with Crippen molar-refractivity contribution >= 4 is 5.91 Å². The lowest BCUT2D eigenvalue weighted by Crippen LogP contribution is -2.30. The van der Waals surface area contributed by atoms with Gasteiger partial charge in [-0.25, -0.2) is 0 Å². The van der Waals surface area contributed by atoms with Crippen molar-refractivity contribution < 1.29 is 9.90 Å². The Labute approximate surface area is 150 Å². The highest BCUT2D eigenvalue weighted by atomic mass is 16.3. The van der Waals surface area contributed by atoms with E-state index in [1.54, 1.807) is 0 Å². The molecule has 3 heteroatoms. The molecule has 0 aliphatic rings. The topological polar surface area (TPSA) is 63.3 Å². The van der Waals surface area contributed by atoms with E-state index in [0.717, 1.165) is 25.7 Å². The van der Waals surface area contributed by atoms with E-state index in [4.69, 9.17) is 10.8 Å². The normalized spacial score (nSPS) is 14.1. The maximum Gasteiger partial charge on any atom is 0.220 e. The molecule has 0 spiro atoms. The van der Waals surface area contributed by atoms with E-state index < -0.39 is 0 Å². The number of primary amides is 1. The van der Waals surface area contributed by atoms with Gasteiger partial charge in [-0.3, -0.25) is 4.79 Å². The van der Waals surface area contributed by atoms with E-state index in [9.17, 15) is 4.79 Å². The number of amides is 1. The van der Waals surface area contributed by atoms with Crippen LogP contribution in [-0.4, -0.2) is 17.6 Å². The molecule has 0 aliphatic carbocycles. The van der Waals surface area contributed by atoms with Gasteiger partial charge in [0.1, 0.15) is 0 Å². The monoisotopic (exact) mass is 339 g/mol. The van der Waals surface area contributed by atoms with Gasteiger partial charge in [0, 0.05) is 12.5 Å². The third kappa shape index (κ3) is 13.6. The molecule has 0 radical (unpaired) electrons. The van der Waals surface area contributed by atoms with Crippen molar-refractivity contribution in [2.75, 3.05) is 6.61 Å². The number of rotatable bonds is 17. The Morgan fingerprint density at radius 2 is 1.42 bits per heavy atom. The van der Waals surface area contributed by atoms with Gasteiger partial charge in [-0.2, -0.15) is 0 Å². The van der Waals surface area contributed by atoms with Crippen LogP contribution >= 0.6 is 0 Å². The van der Waals surface area contributed by atoms with Gasteiger partial charge < -0.3 is 10.8 Å². The molecule has 2 unspecified atom stereocenters. The highest BCUT2D eigenvalue weighted by Crippen LogP contribution is 2.18. The Morgan fingerprint density at radius 1 is 0.917 bits per heavy atom. The summed E-state index contributed by atoms with van der Waals surface area (Å²) in [6, 6.07) is 0. The third-order valence-electron chi connectivity index (χ3n) is 4.87. The first kappa shape index (κ1) is 23.2. The predicted molar refractivity (Wildman–Crippen MR) is 104 cm³/mol. The van der Waals surface area contributed by atoms with E-state index >= 15 is 0 Å². The van der Waals surface area contributed by atoms with Crippen LogP contribution in [0.5, 0.6) is 0 Å². The highest BCUT2D eigenvalue weighted by Gasteiger charge is 2.21. The highest BCUT2D eigenvalue weighted by molar-refractivity contribution is 5.76. The van der Waals surface area contributed by atoms with Gasteiger partial charge in [-0.1, -0.05) is 77.4 Å². The summed E-state index contributed by atoms with van der Waals surface area (Å²) in [7, 11) is 0. The lowest BCUT2D eigenvalue weighted by Gasteiger charge is -2.18.